The van der Waals surface area contributed by atoms with Crippen molar-refractivity contribution in [1.29, 1.82) is 5.26 Å². The van der Waals surface area contributed by atoms with Crippen LogP contribution < -0.4 is 5.32 Å². The van der Waals surface area contributed by atoms with Crippen molar-refractivity contribution < 1.29 is 19.9 Å². The Morgan fingerprint density at radius 1 is 0.967 bits per heavy atom. The van der Waals surface area contributed by atoms with Crippen molar-refractivity contribution in [3.63, 3.8) is 0 Å². The highest BCUT2D eigenvalue weighted by molar-refractivity contribution is 6.31. The Hall–Kier alpha value is -4.15. The zero-order chi connectivity index (χ0) is 21.7. The number of nitrogens with one attached hydrogen (secondary N) is 1. The average molecular weight is 420 g/mol. The molecule has 0 spiro atoms. The van der Waals surface area contributed by atoms with Crippen LogP contribution in [0.2, 0.25) is 5.02 Å². The summed E-state index contributed by atoms with van der Waals surface area (Å²) in [5.74, 6) is -1.73. The molecule has 3 aromatic carbocycles. The average Bonchev–Trinajstić information content (AvgIpc) is 2.76. The summed E-state index contributed by atoms with van der Waals surface area (Å²) in [6.45, 7) is 0. The first kappa shape index (κ1) is 20.6. The van der Waals surface area contributed by atoms with Crippen molar-refractivity contribution in [2.24, 2.45) is 5.16 Å². The fourth-order valence-corrected chi connectivity index (χ4v) is 2.97. The van der Waals surface area contributed by atoms with E-state index in [1.165, 1.54) is 30.3 Å². The molecule has 0 aliphatic heterocycles. The number of hydrogen-bond acceptors (Lipinski definition) is 5. The van der Waals surface area contributed by atoms with E-state index >= 15 is 0 Å². The minimum atomic E-state index is -1.22. The molecule has 1 amide bonds. The summed E-state index contributed by atoms with van der Waals surface area (Å²) in [5.41, 5.74) is 1.99. The lowest BCUT2D eigenvalue weighted by atomic mass is 9.99. The zero-order valence-corrected chi connectivity index (χ0v) is 16.1. The molecule has 3 rings (SSSR count). The third-order valence-corrected chi connectivity index (χ3v) is 4.48. The summed E-state index contributed by atoms with van der Waals surface area (Å²) in [7, 11) is 0. The van der Waals surface area contributed by atoms with Gasteiger partial charge in [-0.05, 0) is 42.5 Å². The molecule has 0 unspecified atom stereocenters. The summed E-state index contributed by atoms with van der Waals surface area (Å²) in [4.78, 5) is 23.9. The van der Waals surface area contributed by atoms with Gasteiger partial charge in [-0.3, -0.25) is 4.79 Å². The number of hydrogen-bond donors (Lipinski definition) is 3. The number of halogens is 1. The molecule has 3 aromatic rings. The second kappa shape index (κ2) is 8.90. The van der Waals surface area contributed by atoms with Gasteiger partial charge in [0.05, 0.1) is 22.9 Å². The number of amides is 1. The summed E-state index contributed by atoms with van der Waals surface area (Å²) < 4.78 is 0. The van der Waals surface area contributed by atoms with E-state index in [-0.39, 0.29) is 27.5 Å². The van der Waals surface area contributed by atoms with Crippen LogP contribution in [0.1, 0.15) is 37.4 Å². The smallest absolute Gasteiger partial charge is 0.337 e. The molecule has 0 saturated carbocycles. The van der Waals surface area contributed by atoms with E-state index in [4.69, 9.17) is 16.9 Å². The number of carbonyl (C=O) groups excluding carboxylic acids is 1. The number of carboxylic acid groups (broad SMARTS) is 1. The van der Waals surface area contributed by atoms with Gasteiger partial charge in [-0.2, -0.15) is 5.26 Å². The predicted octanol–water partition coefficient (Wildman–Crippen LogP) is 4.39. The molecule has 0 aromatic heterocycles. The Balaban J connectivity index is 1.84. The van der Waals surface area contributed by atoms with Gasteiger partial charge in [-0.25, -0.2) is 4.79 Å². The van der Waals surface area contributed by atoms with Gasteiger partial charge >= 0.3 is 5.97 Å². The van der Waals surface area contributed by atoms with Crippen LogP contribution in [0.3, 0.4) is 0 Å². The number of oxime groups is 1. The van der Waals surface area contributed by atoms with Crippen molar-refractivity contribution in [3.05, 3.63) is 99.6 Å². The molecule has 3 N–H and O–H groups in total. The largest absolute Gasteiger partial charge is 0.478 e. The van der Waals surface area contributed by atoms with Crippen LogP contribution >= 0.6 is 11.6 Å². The highest BCUT2D eigenvalue weighted by atomic mass is 35.5. The van der Waals surface area contributed by atoms with E-state index in [9.17, 15) is 19.9 Å². The van der Waals surface area contributed by atoms with Gasteiger partial charge in [0.15, 0.2) is 0 Å². The second-order valence-corrected chi connectivity index (χ2v) is 6.60. The number of nitrogens with zero attached hydrogens (tertiary/aromatic N) is 2. The van der Waals surface area contributed by atoms with Crippen molar-refractivity contribution >= 4 is 34.9 Å². The van der Waals surface area contributed by atoms with Crippen LogP contribution in [-0.4, -0.2) is 27.9 Å². The number of carboxylic acids is 1. The molecule has 0 bridgehead atoms. The molecule has 0 saturated heterocycles. The molecular formula is C22H14ClN3O4. The van der Waals surface area contributed by atoms with Gasteiger partial charge < -0.3 is 15.6 Å². The SMILES string of the molecule is N#Cc1cccc(C(=NO)c2ccc(C(=O)Nc3ccc(Cl)cc3C(=O)O)cc2)c1. The molecular weight excluding hydrogens is 406 g/mol. The minimum absolute atomic E-state index is 0.118. The number of nitriles is 1. The lowest BCUT2D eigenvalue weighted by Crippen LogP contribution is -2.15. The van der Waals surface area contributed by atoms with Crippen molar-refractivity contribution in [2.75, 3.05) is 5.32 Å². The maximum absolute atomic E-state index is 12.5. The van der Waals surface area contributed by atoms with Crippen molar-refractivity contribution in [1.82, 2.24) is 0 Å². The third-order valence-electron chi connectivity index (χ3n) is 4.25. The van der Waals surface area contributed by atoms with E-state index in [2.05, 4.69) is 10.5 Å². The first-order valence-corrected chi connectivity index (χ1v) is 8.98. The topological polar surface area (TPSA) is 123 Å². The Bertz CT molecular complexity index is 1200. The quantitative estimate of drug-likeness (QED) is 0.321. The first-order valence-electron chi connectivity index (χ1n) is 8.60. The molecule has 0 atom stereocenters. The lowest BCUT2D eigenvalue weighted by Gasteiger charge is -2.10. The number of anilines is 1. The van der Waals surface area contributed by atoms with Crippen LogP contribution in [-0.2, 0) is 0 Å². The zero-order valence-electron chi connectivity index (χ0n) is 15.3. The van der Waals surface area contributed by atoms with Crippen LogP contribution in [0.4, 0.5) is 5.69 Å². The fourth-order valence-electron chi connectivity index (χ4n) is 2.79. The normalized spacial score (nSPS) is 10.9. The van der Waals surface area contributed by atoms with Crippen LogP contribution in [0.25, 0.3) is 0 Å². The molecule has 8 heteroatoms. The minimum Gasteiger partial charge on any atom is -0.478 e. The molecule has 0 heterocycles. The van der Waals surface area contributed by atoms with Crippen molar-refractivity contribution in [2.45, 2.75) is 0 Å². The molecule has 148 valence electrons. The maximum Gasteiger partial charge on any atom is 0.337 e. The predicted molar refractivity (Wildman–Crippen MR) is 111 cm³/mol. The van der Waals surface area contributed by atoms with E-state index < -0.39 is 11.9 Å². The number of rotatable bonds is 5. The highest BCUT2D eigenvalue weighted by Gasteiger charge is 2.15. The summed E-state index contributed by atoms with van der Waals surface area (Å²) in [6, 6.07) is 19.0. The third kappa shape index (κ3) is 4.46. The van der Waals surface area contributed by atoms with Gasteiger partial charge in [0.1, 0.15) is 5.71 Å². The fraction of sp³-hybridized carbons (Fsp3) is 0. The van der Waals surface area contributed by atoms with E-state index in [0.29, 0.717) is 16.7 Å². The Kier molecular flexibility index (Phi) is 6.11. The molecule has 0 fully saturated rings. The number of benzene rings is 3. The lowest BCUT2D eigenvalue weighted by molar-refractivity contribution is 0.0698. The molecule has 30 heavy (non-hydrogen) atoms. The number of carbonyl (C=O) groups is 2. The van der Waals surface area contributed by atoms with E-state index in [1.54, 1.807) is 36.4 Å². The standard InChI is InChI=1S/C22H14ClN3O4/c23-17-8-9-19(18(11-17)22(28)29)25-21(27)15-6-4-14(5-7-15)20(26-30)16-3-1-2-13(10-16)12-24/h1-11,30H,(H,25,27)(H,28,29). The maximum atomic E-state index is 12.5. The van der Waals surface area contributed by atoms with Gasteiger partial charge in [0, 0.05) is 21.7 Å². The number of aromatic carboxylic acids is 1. The van der Waals surface area contributed by atoms with E-state index in [0.717, 1.165) is 0 Å². The Morgan fingerprint density at radius 2 is 1.67 bits per heavy atom. The monoisotopic (exact) mass is 419 g/mol. The van der Waals surface area contributed by atoms with Gasteiger partial charge in [-0.1, -0.05) is 41.0 Å². The van der Waals surface area contributed by atoms with Gasteiger partial charge in [0.25, 0.3) is 5.91 Å². The van der Waals surface area contributed by atoms with Crippen LogP contribution in [0, 0.1) is 11.3 Å². The summed E-state index contributed by atoms with van der Waals surface area (Å²) in [5, 5.41) is 33.9. The Labute approximate surface area is 176 Å². The van der Waals surface area contributed by atoms with Gasteiger partial charge in [0.2, 0.25) is 0 Å². The molecule has 7 nitrogen and oxygen atoms in total. The van der Waals surface area contributed by atoms with Crippen LogP contribution in [0.15, 0.2) is 71.9 Å². The Morgan fingerprint density at radius 3 is 2.30 bits per heavy atom. The second-order valence-electron chi connectivity index (χ2n) is 6.17. The van der Waals surface area contributed by atoms with Crippen LogP contribution in [0.5, 0.6) is 0 Å². The van der Waals surface area contributed by atoms with Crippen molar-refractivity contribution in [3.8, 4) is 6.07 Å². The summed E-state index contributed by atoms with van der Waals surface area (Å²) in [6.07, 6.45) is 0. The molecule has 0 radical (unpaired) electrons. The molecule has 0 aliphatic carbocycles. The van der Waals surface area contributed by atoms with Gasteiger partial charge in [-0.15, -0.1) is 0 Å². The molecule has 0 aliphatic rings. The van der Waals surface area contributed by atoms with E-state index in [1.807, 2.05) is 6.07 Å². The highest BCUT2D eigenvalue weighted by Crippen LogP contribution is 2.22. The first-order chi connectivity index (χ1) is 14.4. The summed E-state index contributed by atoms with van der Waals surface area (Å²) >= 11 is 5.82.